The highest BCUT2D eigenvalue weighted by molar-refractivity contribution is 14.1. The highest BCUT2D eigenvalue weighted by Gasteiger charge is 2.21. The molecule has 1 aromatic carbocycles. The molecule has 7 heteroatoms. The molecule has 0 atom stereocenters. The molecule has 4 rings (SSSR count). The Morgan fingerprint density at radius 2 is 2.03 bits per heavy atom. The Kier molecular flexibility index (Phi) is 5.99. The number of methoxy groups -OCH3 is 1. The van der Waals surface area contributed by atoms with Crippen LogP contribution in [0.5, 0.6) is 5.75 Å². The number of fused-ring (bicyclic) bond motifs is 2. The molecule has 0 saturated carbocycles. The maximum Gasteiger partial charge on any atom is 0.149 e. The monoisotopic (exact) mass is 521 g/mol. The number of ether oxygens (including phenoxy) is 2. The van der Waals surface area contributed by atoms with Gasteiger partial charge in [0.15, 0.2) is 0 Å². The number of hydrogen-bond acceptors (Lipinski definition) is 4. The Morgan fingerprint density at radius 1 is 1.21 bits per heavy atom. The first kappa shape index (κ1) is 20.8. The molecule has 3 aromatic rings. The van der Waals surface area contributed by atoms with Gasteiger partial charge in [-0.15, -0.1) is 0 Å². The molecule has 5 nitrogen and oxygen atoms in total. The van der Waals surface area contributed by atoms with Gasteiger partial charge in [-0.1, -0.05) is 37.8 Å². The van der Waals surface area contributed by atoms with E-state index in [9.17, 15) is 0 Å². The summed E-state index contributed by atoms with van der Waals surface area (Å²) in [6, 6.07) is 9.73. The second-order valence-corrected chi connectivity index (χ2v) is 15.5. The normalized spacial score (nSPS) is 13.8. The van der Waals surface area contributed by atoms with Gasteiger partial charge in [-0.2, -0.15) is 5.10 Å². The van der Waals surface area contributed by atoms with E-state index in [1.807, 2.05) is 4.68 Å². The molecule has 0 bridgehead atoms. The van der Waals surface area contributed by atoms with Crippen LogP contribution in [0.4, 0.5) is 0 Å². The van der Waals surface area contributed by atoms with E-state index in [4.69, 9.17) is 14.5 Å². The Hall–Kier alpha value is -1.45. The van der Waals surface area contributed by atoms with Gasteiger partial charge < -0.3 is 9.47 Å². The summed E-state index contributed by atoms with van der Waals surface area (Å²) in [4.78, 5) is 5.02. The van der Waals surface area contributed by atoms with Crippen molar-refractivity contribution >= 4 is 41.7 Å². The van der Waals surface area contributed by atoms with Crippen LogP contribution in [-0.2, 0) is 24.3 Å². The first-order chi connectivity index (χ1) is 13.9. The van der Waals surface area contributed by atoms with Crippen LogP contribution in [0.25, 0.3) is 22.3 Å². The minimum Gasteiger partial charge on any atom is -0.494 e. The number of pyridine rings is 1. The van der Waals surface area contributed by atoms with Crippen molar-refractivity contribution in [1.82, 2.24) is 14.8 Å². The van der Waals surface area contributed by atoms with Crippen LogP contribution in [0.3, 0.4) is 0 Å². The Bertz CT molecular complexity index is 1040. The molecule has 2 aromatic heterocycles. The maximum atomic E-state index is 5.93. The quantitative estimate of drug-likeness (QED) is 0.234. The molecular weight excluding hydrogens is 493 g/mol. The fourth-order valence-electron chi connectivity index (χ4n) is 3.86. The number of benzene rings is 1. The van der Waals surface area contributed by atoms with Crippen molar-refractivity contribution in [2.24, 2.45) is 0 Å². The fraction of sp³-hybridized carbons (Fsp3) is 0.455. The molecule has 154 valence electrons. The minimum absolute atomic E-state index is 0.439. The molecule has 0 aliphatic heterocycles. The third-order valence-corrected chi connectivity index (χ3v) is 7.91. The van der Waals surface area contributed by atoms with Crippen LogP contribution < -0.4 is 4.74 Å². The van der Waals surface area contributed by atoms with Crippen molar-refractivity contribution in [3.63, 3.8) is 0 Å². The highest BCUT2D eigenvalue weighted by Crippen LogP contribution is 2.38. The van der Waals surface area contributed by atoms with E-state index in [-0.39, 0.29) is 0 Å². The zero-order valence-electron chi connectivity index (χ0n) is 17.6. The van der Waals surface area contributed by atoms with Gasteiger partial charge in [0.05, 0.1) is 12.6 Å². The van der Waals surface area contributed by atoms with Gasteiger partial charge in [-0.25, -0.2) is 9.67 Å². The molecule has 0 radical (unpaired) electrons. The smallest absolute Gasteiger partial charge is 0.149 e. The average molecular weight is 521 g/mol. The standard InChI is InChI=1S/C22H28IN3O2Si/c1-27-19-13-18-21(22(23)25-26(18)14-28-11-12-29(2,3)4)24-20(19)17-10-6-8-15-7-5-9-16(15)17/h6,8,10,13H,5,7,9,11-12,14H2,1-4H3. The van der Waals surface area contributed by atoms with Gasteiger partial charge >= 0.3 is 0 Å². The van der Waals surface area contributed by atoms with Crippen LogP contribution >= 0.6 is 22.6 Å². The molecule has 29 heavy (non-hydrogen) atoms. The van der Waals surface area contributed by atoms with Gasteiger partial charge in [-0.05, 0) is 59.0 Å². The number of aromatic nitrogens is 3. The predicted molar refractivity (Wildman–Crippen MR) is 128 cm³/mol. The second kappa shape index (κ2) is 8.35. The highest BCUT2D eigenvalue weighted by atomic mass is 127. The summed E-state index contributed by atoms with van der Waals surface area (Å²) < 4.78 is 14.5. The number of hydrogen-bond donors (Lipinski definition) is 0. The zero-order chi connectivity index (χ0) is 20.6. The van der Waals surface area contributed by atoms with Gasteiger partial charge in [-0.3, -0.25) is 0 Å². The van der Waals surface area contributed by atoms with E-state index >= 15 is 0 Å². The molecule has 1 aliphatic carbocycles. The lowest BCUT2D eigenvalue weighted by Crippen LogP contribution is -2.22. The largest absolute Gasteiger partial charge is 0.494 e. The van der Waals surface area contributed by atoms with Crippen LogP contribution in [0, 0.1) is 3.70 Å². The first-order valence-corrected chi connectivity index (χ1v) is 15.0. The zero-order valence-corrected chi connectivity index (χ0v) is 20.7. The number of rotatable bonds is 7. The number of nitrogens with zero attached hydrogens (tertiary/aromatic N) is 3. The maximum absolute atomic E-state index is 5.93. The molecular formula is C22H28IN3O2Si. The van der Waals surface area contributed by atoms with E-state index in [0.717, 1.165) is 51.7 Å². The molecule has 0 amide bonds. The van der Waals surface area contributed by atoms with Gasteiger partial charge in [0.2, 0.25) is 0 Å². The molecule has 1 aliphatic rings. The summed E-state index contributed by atoms with van der Waals surface area (Å²) in [5.41, 5.74) is 6.81. The lowest BCUT2D eigenvalue weighted by molar-refractivity contribution is 0.0814. The first-order valence-electron chi connectivity index (χ1n) is 10.2. The lowest BCUT2D eigenvalue weighted by atomic mass is 9.99. The van der Waals surface area contributed by atoms with Crippen LogP contribution in [0.2, 0.25) is 25.7 Å². The van der Waals surface area contributed by atoms with Crippen molar-refractivity contribution in [3.05, 3.63) is 39.1 Å². The van der Waals surface area contributed by atoms with Crippen molar-refractivity contribution < 1.29 is 9.47 Å². The predicted octanol–water partition coefficient (Wildman–Crippen LogP) is 5.51. The number of aryl methyl sites for hydroxylation is 1. The van der Waals surface area contributed by atoms with Crippen molar-refractivity contribution in [3.8, 4) is 17.0 Å². The van der Waals surface area contributed by atoms with Crippen LogP contribution in [0.15, 0.2) is 24.3 Å². The minimum atomic E-state index is -1.10. The fourth-order valence-corrected chi connectivity index (χ4v) is 5.27. The molecule has 0 unspecified atom stereocenters. The second-order valence-electron chi connectivity index (χ2n) is 8.84. The Labute approximate surface area is 187 Å². The number of halogens is 1. The van der Waals surface area contributed by atoms with Gasteiger partial charge in [0.25, 0.3) is 0 Å². The van der Waals surface area contributed by atoms with Crippen LogP contribution in [0.1, 0.15) is 17.5 Å². The average Bonchev–Trinajstić information content (AvgIpc) is 3.28. The summed E-state index contributed by atoms with van der Waals surface area (Å²) in [5, 5.41) is 4.68. The summed E-state index contributed by atoms with van der Waals surface area (Å²) >= 11 is 2.27. The topological polar surface area (TPSA) is 49.2 Å². The van der Waals surface area contributed by atoms with Gasteiger partial charge in [0, 0.05) is 26.3 Å². The Morgan fingerprint density at radius 3 is 2.79 bits per heavy atom. The lowest BCUT2D eigenvalue weighted by Gasteiger charge is -2.15. The van der Waals surface area contributed by atoms with Gasteiger partial charge in [0.1, 0.15) is 27.4 Å². The summed E-state index contributed by atoms with van der Waals surface area (Å²) in [6.45, 7) is 8.29. The summed E-state index contributed by atoms with van der Waals surface area (Å²) in [6.07, 6.45) is 3.47. The molecule has 2 heterocycles. The van der Waals surface area contributed by atoms with E-state index in [1.165, 1.54) is 23.1 Å². The van der Waals surface area contributed by atoms with E-state index < -0.39 is 8.07 Å². The summed E-state index contributed by atoms with van der Waals surface area (Å²) in [7, 11) is 0.613. The summed E-state index contributed by atoms with van der Waals surface area (Å²) in [5.74, 6) is 0.789. The Balaban J connectivity index is 1.69. The third-order valence-electron chi connectivity index (χ3n) is 5.48. The van der Waals surface area contributed by atoms with Crippen molar-refractivity contribution in [2.45, 2.75) is 51.7 Å². The van der Waals surface area contributed by atoms with Crippen LogP contribution in [-0.4, -0.2) is 36.6 Å². The van der Waals surface area contributed by atoms with E-state index in [2.05, 4.69) is 71.6 Å². The van der Waals surface area contributed by atoms with E-state index in [1.54, 1.807) is 7.11 Å². The molecule has 0 fully saturated rings. The third kappa shape index (κ3) is 4.36. The van der Waals surface area contributed by atoms with Crippen molar-refractivity contribution in [2.75, 3.05) is 13.7 Å². The SMILES string of the molecule is COc1cc2c(nc1-c1cccc3c1CCC3)c(I)nn2COCC[Si](C)(C)C. The molecule has 0 saturated heterocycles. The van der Waals surface area contributed by atoms with E-state index in [0.29, 0.717) is 6.73 Å². The van der Waals surface area contributed by atoms with Crippen molar-refractivity contribution in [1.29, 1.82) is 0 Å². The molecule has 0 N–H and O–H groups in total. The molecule has 0 spiro atoms.